The van der Waals surface area contributed by atoms with E-state index in [9.17, 15) is 14.4 Å². The van der Waals surface area contributed by atoms with E-state index < -0.39 is 18.2 Å². The Morgan fingerprint density at radius 3 is 2.35 bits per heavy atom. The van der Waals surface area contributed by atoms with E-state index in [4.69, 9.17) is 14.2 Å². The van der Waals surface area contributed by atoms with Crippen LogP contribution in [0.15, 0.2) is 47.6 Å². The molecule has 3 aromatic rings. The quantitative estimate of drug-likeness (QED) is 0.311. The molecule has 0 saturated heterocycles. The summed E-state index contributed by atoms with van der Waals surface area (Å²) in [6, 6.07) is 11.8. The van der Waals surface area contributed by atoms with Gasteiger partial charge < -0.3 is 14.2 Å². The number of thioether (sulfide) groups is 1. The molecule has 0 unspecified atom stereocenters. The standard InChI is InChI=1S/C23H20N4O6S/c1-12(28)27-17-8-6-5-7-16(17)20-21(24-23(34-4)26-25-20)33-22(27)15-9-10-18(31-13(2)29)19(11-15)32-14(3)30/h5-11,22H,1-4H3/t22-/m0/s1. The third kappa shape index (κ3) is 4.55. The highest BCUT2D eigenvalue weighted by molar-refractivity contribution is 7.98. The molecule has 11 heteroatoms. The number of carbonyl (C=O) groups excluding carboxylic acids is 3. The number of ether oxygens (including phenoxy) is 3. The van der Waals surface area contributed by atoms with Crippen molar-refractivity contribution in [3.8, 4) is 28.6 Å². The third-order valence-electron chi connectivity index (χ3n) is 4.79. The maximum Gasteiger partial charge on any atom is 0.308 e. The molecule has 1 aromatic heterocycles. The number of anilines is 1. The number of hydrogen-bond donors (Lipinski definition) is 0. The maximum atomic E-state index is 12.9. The van der Waals surface area contributed by atoms with Gasteiger partial charge in [0.15, 0.2) is 17.2 Å². The lowest BCUT2D eigenvalue weighted by Crippen LogP contribution is -2.36. The number of para-hydroxylation sites is 1. The molecule has 10 nitrogen and oxygen atoms in total. The molecule has 1 atom stereocenters. The molecule has 2 aromatic carbocycles. The molecule has 0 N–H and O–H groups in total. The lowest BCUT2D eigenvalue weighted by Gasteiger charge is -2.30. The summed E-state index contributed by atoms with van der Waals surface area (Å²) in [5, 5.41) is 8.81. The fourth-order valence-electron chi connectivity index (χ4n) is 3.51. The fourth-order valence-corrected chi connectivity index (χ4v) is 3.80. The van der Waals surface area contributed by atoms with E-state index >= 15 is 0 Å². The van der Waals surface area contributed by atoms with Gasteiger partial charge in [0.1, 0.15) is 0 Å². The minimum absolute atomic E-state index is 0.00988. The minimum atomic E-state index is -0.994. The minimum Gasteiger partial charge on any atom is -0.447 e. The molecule has 0 saturated carbocycles. The van der Waals surface area contributed by atoms with Crippen molar-refractivity contribution in [3.05, 3.63) is 48.0 Å². The summed E-state index contributed by atoms with van der Waals surface area (Å²) in [6.45, 7) is 3.88. The summed E-state index contributed by atoms with van der Waals surface area (Å²) in [4.78, 5) is 42.0. The highest BCUT2D eigenvalue weighted by atomic mass is 32.2. The molecule has 1 aliphatic rings. The van der Waals surface area contributed by atoms with Gasteiger partial charge >= 0.3 is 11.9 Å². The predicted molar refractivity (Wildman–Crippen MR) is 123 cm³/mol. The molecule has 0 bridgehead atoms. The van der Waals surface area contributed by atoms with Gasteiger partial charge in [-0.3, -0.25) is 19.3 Å². The largest absolute Gasteiger partial charge is 0.447 e. The Morgan fingerprint density at radius 2 is 1.68 bits per heavy atom. The van der Waals surface area contributed by atoms with Gasteiger partial charge in [0, 0.05) is 31.9 Å². The first-order valence-corrected chi connectivity index (χ1v) is 11.4. The molecule has 174 valence electrons. The van der Waals surface area contributed by atoms with E-state index in [2.05, 4.69) is 15.2 Å². The SMILES string of the molecule is CSc1nnc2c(n1)O[C@@H](c1ccc(OC(C)=O)c(OC(C)=O)c1)N(C(C)=O)c1ccccc1-2. The van der Waals surface area contributed by atoms with Crippen LogP contribution in [0.1, 0.15) is 32.6 Å². The van der Waals surface area contributed by atoms with Crippen molar-refractivity contribution in [1.29, 1.82) is 0 Å². The molecule has 2 heterocycles. The molecule has 34 heavy (non-hydrogen) atoms. The average molecular weight is 481 g/mol. The van der Waals surface area contributed by atoms with Gasteiger partial charge in [0.05, 0.1) is 5.69 Å². The molecular weight excluding hydrogens is 460 g/mol. The van der Waals surface area contributed by atoms with E-state index in [1.54, 1.807) is 24.3 Å². The summed E-state index contributed by atoms with van der Waals surface area (Å²) >= 11 is 1.30. The van der Waals surface area contributed by atoms with Gasteiger partial charge in [-0.05, 0) is 30.5 Å². The second-order valence-corrected chi connectivity index (χ2v) is 8.00. The van der Waals surface area contributed by atoms with Gasteiger partial charge in [0.25, 0.3) is 0 Å². The Morgan fingerprint density at radius 1 is 0.971 bits per heavy atom. The molecule has 0 aliphatic carbocycles. The van der Waals surface area contributed by atoms with Crippen LogP contribution in [-0.4, -0.2) is 39.3 Å². The Balaban J connectivity index is 1.91. The zero-order chi connectivity index (χ0) is 24.4. The van der Waals surface area contributed by atoms with E-state index in [1.165, 1.54) is 49.6 Å². The van der Waals surface area contributed by atoms with Crippen LogP contribution >= 0.6 is 11.8 Å². The van der Waals surface area contributed by atoms with Crippen LogP contribution in [0.4, 0.5) is 5.69 Å². The van der Waals surface area contributed by atoms with Crippen LogP contribution in [0, 0.1) is 0 Å². The number of fused-ring (bicyclic) bond motifs is 3. The molecule has 0 fully saturated rings. The van der Waals surface area contributed by atoms with E-state index in [0.717, 1.165) is 0 Å². The van der Waals surface area contributed by atoms with Crippen molar-refractivity contribution >= 4 is 35.3 Å². The molecule has 4 rings (SSSR count). The summed E-state index contributed by atoms with van der Waals surface area (Å²) in [6.07, 6.45) is 0.819. The number of esters is 2. The lowest BCUT2D eigenvalue weighted by molar-refractivity contribution is -0.134. The number of aromatic nitrogens is 3. The predicted octanol–water partition coefficient (Wildman–Crippen LogP) is 3.56. The van der Waals surface area contributed by atoms with Gasteiger partial charge in [-0.1, -0.05) is 30.0 Å². The van der Waals surface area contributed by atoms with E-state index in [-0.39, 0.29) is 23.3 Å². The number of nitrogens with zero attached hydrogens (tertiary/aromatic N) is 4. The molecule has 1 aliphatic heterocycles. The second-order valence-electron chi connectivity index (χ2n) is 7.22. The first-order chi connectivity index (χ1) is 16.3. The summed E-state index contributed by atoms with van der Waals surface area (Å²) < 4.78 is 16.7. The van der Waals surface area contributed by atoms with Gasteiger partial charge in [-0.15, -0.1) is 10.2 Å². The zero-order valence-corrected chi connectivity index (χ0v) is 19.6. The van der Waals surface area contributed by atoms with E-state index in [0.29, 0.717) is 27.7 Å². The summed E-state index contributed by atoms with van der Waals surface area (Å²) in [5.41, 5.74) is 2.01. The van der Waals surface area contributed by atoms with Crippen LogP contribution in [0.5, 0.6) is 17.4 Å². The first-order valence-electron chi connectivity index (χ1n) is 10.1. The van der Waals surface area contributed by atoms with Crippen molar-refractivity contribution in [2.75, 3.05) is 11.2 Å². The molecular formula is C23H20N4O6S. The van der Waals surface area contributed by atoms with Crippen molar-refractivity contribution in [3.63, 3.8) is 0 Å². The zero-order valence-electron chi connectivity index (χ0n) is 18.8. The normalized spacial score (nSPS) is 14.2. The fraction of sp³-hybridized carbons (Fsp3) is 0.217. The Kier molecular flexibility index (Phi) is 6.46. The molecule has 0 spiro atoms. The summed E-state index contributed by atoms with van der Waals surface area (Å²) in [5.74, 6) is -1.22. The topological polar surface area (TPSA) is 121 Å². The smallest absolute Gasteiger partial charge is 0.308 e. The van der Waals surface area contributed by atoms with Crippen molar-refractivity contribution in [2.45, 2.75) is 32.2 Å². The van der Waals surface area contributed by atoms with Crippen molar-refractivity contribution in [2.24, 2.45) is 0 Å². The van der Waals surface area contributed by atoms with Crippen LogP contribution in [0.3, 0.4) is 0 Å². The number of amides is 1. The number of rotatable bonds is 4. The maximum absolute atomic E-state index is 12.9. The molecule has 0 radical (unpaired) electrons. The Labute approximate surface area is 199 Å². The molecule has 1 amide bonds. The Hall–Kier alpha value is -3.99. The number of hydrogen-bond acceptors (Lipinski definition) is 10. The highest BCUT2D eigenvalue weighted by Gasteiger charge is 2.35. The highest BCUT2D eigenvalue weighted by Crippen LogP contribution is 2.44. The van der Waals surface area contributed by atoms with E-state index in [1.807, 2.05) is 12.3 Å². The first kappa shape index (κ1) is 23.2. The van der Waals surface area contributed by atoms with Crippen LogP contribution in [0.25, 0.3) is 11.3 Å². The van der Waals surface area contributed by atoms with Gasteiger partial charge in [-0.25, -0.2) is 0 Å². The van der Waals surface area contributed by atoms with Crippen molar-refractivity contribution in [1.82, 2.24) is 15.2 Å². The van der Waals surface area contributed by atoms with Gasteiger partial charge in [-0.2, -0.15) is 4.98 Å². The monoisotopic (exact) mass is 480 g/mol. The van der Waals surface area contributed by atoms with Crippen LogP contribution in [0.2, 0.25) is 0 Å². The number of carbonyl (C=O) groups is 3. The van der Waals surface area contributed by atoms with Gasteiger partial charge in [0.2, 0.25) is 23.2 Å². The van der Waals surface area contributed by atoms with Crippen molar-refractivity contribution < 1.29 is 28.6 Å². The third-order valence-corrected chi connectivity index (χ3v) is 5.33. The number of benzene rings is 2. The second kappa shape index (κ2) is 9.48. The summed E-state index contributed by atoms with van der Waals surface area (Å²) in [7, 11) is 0. The average Bonchev–Trinajstić information content (AvgIpc) is 2.93. The Bertz CT molecular complexity index is 1300. The lowest BCUT2D eigenvalue weighted by atomic mass is 10.1. The van der Waals surface area contributed by atoms with Crippen LogP contribution in [-0.2, 0) is 14.4 Å². The van der Waals surface area contributed by atoms with Crippen LogP contribution < -0.4 is 19.1 Å².